The summed E-state index contributed by atoms with van der Waals surface area (Å²) in [5.41, 5.74) is 0. The van der Waals surface area contributed by atoms with Crippen LogP contribution < -0.4 is 5.32 Å². The van der Waals surface area contributed by atoms with Crippen LogP contribution in [0.4, 0.5) is 0 Å². The molecule has 0 fully saturated rings. The summed E-state index contributed by atoms with van der Waals surface area (Å²) in [5, 5.41) is 3.48. The summed E-state index contributed by atoms with van der Waals surface area (Å²) in [6.07, 6.45) is 1.30. The van der Waals surface area contributed by atoms with Crippen LogP contribution in [0.15, 0.2) is 0 Å². The summed E-state index contributed by atoms with van der Waals surface area (Å²) >= 11 is 0. The van der Waals surface area contributed by atoms with E-state index in [0.717, 1.165) is 6.54 Å². The molecule has 1 atom stereocenters. The molecular formula is C12H29N2+. The lowest BCUT2D eigenvalue weighted by Gasteiger charge is -2.36. The molecule has 2 heteroatoms. The molecule has 0 saturated heterocycles. The SMILES string of the molecule is CCNC(C)CC[N+](CC)(CC)CC. The largest absolute Gasteiger partial charge is 0.324 e. The van der Waals surface area contributed by atoms with Crippen molar-refractivity contribution in [1.82, 2.24) is 5.32 Å². The van der Waals surface area contributed by atoms with Crippen LogP contribution in [-0.2, 0) is 0 Å². The average Bonchev–Trinajstić information content (AvgIpc) is 2.21. The van der Waals surface area contributed by atoms with Crippen LogP contribution in [-0.4, -0.2) is 43.2 Å². The molecular weight excluding hydrogens is 172 g/mol. The maximum Gasteiger partial charge on any atom is 0.0801 e. The molecule has 0 saturated carbocycles. The van der Waals surface area contributed by atoms with Crippen molar-refractivity contribution in [3.05, 3.63) is 0 Å². The predicted octanol–water partition coefficient (Wildman–Crippen LogP) is 2.25. The van der Waals surface area contributed by atoms with Crippen LogP contribution in [0.2, 0.25) is 0 Å². The summed E-state index contributed by atoms with van der Waals surface area (Å²) in [6.45, 7) is 17.6. The third kappa shape index (κ3) is 4.43. The fourth-order valence-corrected chi connectivity index (χ4v) is 2.06. The maximum atomic E-state index is 3.48. The number of hydrogen-bond donors (Lipinski definition) is 1. The highest BCUT2D eigenvalue weighted by atomic mass is 15.3. The highest BCUT2D eigenvalue weighted by Gasteiger charge is 2.20. The minimum atomic E-state index is 0.669. The van der Waals surface area contributed by atoms with E-state index in [1.54, 1.807) is 0 Å². The Bertz CT molecular complexity index is 122. The van der Waals surface area contributed by atoms with E-state index >= 15 is 0 Å². The lowest BCUT2D eigenvalue weighted by Crippen LogP contribution is -2.49. The van der Waals surface area contributed by atoms with Crippen LogP contribution in [0, 0.1) is 0 Å². The number of nitrogens with zero attached hydrogens (tertiary/aromatic N) is 1. The van der Waals surface area contributed by atoms with Gasteiger partial charge in [-0.1, -0.05) is 6.92 Å². The normalized spacial score (nSPS) is 14.4. The molecule has 0 aromatic rings. The fourth-order valence-electron chi connectivity index (χ4n) is 2.06. The summed E-state index contributed by atoms with van der Waals surface area (Å²) in [5.74, 6) is 0. The van der Waals surface area contributed by atoms with Gasteiger partial charge in [-0.15, -0.1) is 0 Å². The first-order valence-corrected chi connectivity index (χ1v) is 6.22. The smallest absolute Gasteiger partial charge is 0.0801 e. The second kappa shape index (κ2) is 7.24. The van der Waals surface area contributed by atoms with Crippen molar-refractivity contribution in [2.45, 2.75) is 47.1 Å². The molecule has 86 valence electrons. The van der Waals surface area contributed by atoms with Crippen LogP contribution in [0.3, 0.4) is 0 Å². The molecule has 0 bridgehead atoms. The van der Waals surface area contributed by atoms with Gasteiger partial charge in [0.15, 0.2) is 0 Å². The monoisotopic (exact) mass is 201 g/mol. The van der Waals surface area contributed by atoms with Gasteiger partial charge in [-0.05, 0) is 34.2 Å². The maximum absolute atomic E-state index is 3.48. The first kappa shape index (κ1) is 13.9. The average molecular weight is 201 g/mol. The Labute approximate surface area is 90.3 Å². The van der Waals surface area contributed by atoms with Gasteiger partial charge in [0.25, 0.3) is 0 Å². The van der Waals surface area contributed by atoms with Crippen molar-refractivity contribution in [3.8, 4) is 0 Å². The first-order valence-electron chi connectivity index (χ1n) is 6.22. The van der Waals surface area contributed by atoms with E-state index in [2.05, 4.69) is 39.9 Å². The summed E-state index contributed by atoms with van der Waals surface area (Å²) < 4.78 is 1.27. The topological polar surface area (TPSA) is 12.0 Å². The van der Waals surface area contributed by atoms with Gasteiger partial charge >= 0.3 is 0 Å². The molecule has 1 N–H and O–H groups in total. The Kier molecular flexibility index (Phi) is 7.20. The van der Waals surface area contributed by atoms with Crippen molar-refractivity contribution in [3.63, 3.8) is 0 Å². The van der Waals surface area contributed by atoms with Crippen molar-refractivity contribution >= 4 is 0 Å². The Morgan fingerprint density at radius 3 is 1.86 bits per heavy atom. The highest BCUT2D eigenvalue weighted by molar-refractivity contribution is 4.58. The van der Waals surface area contributed by atoms with Gasteiger partial charge in [0.2, 0.25) is 0 Å². The van der Waals surface area contributed by atoms with E-state index < -0.39 is 0 Å². The molecule has 0 radical (unpaired) electrons. The van der Waals surface area contributed by atoms with Crippen molar-refractivity contribution in [2.24, 2.45) is 0 Å². The van der Waals surface area contributed by atoms with Crippen LogP contribution in [0.5, 0.6) is 0 Å². The number of rotatable bonds is 8. The molecule has 14 heavy (non-hydrogen) atoms. The van der Waals surface area contributed by atoms with Gasteiger partial charge in [0.05, 0.1) is 26.2 Å². The molecule has 0 spiro atoms. The van der Waals surface area contributed by atoms with E-state index in [1.165, 1.54) is 37.1 Å². The minimum absolute atomic E-state index is 0.669. The Morgan fingerprint density at radius 1 is 1.00 bits per heavy atom. The lowest BCUT2D eigenvalue weighted by molar-refractivity contribution is -0.923. The zero-order valence-corrected chi connectivity index (χ0v) is 10.8. The molecule has 0 aromatic heterocycles. The molecule has 0 heterocycles. The van der Waals surface area contributed by atoms with Gasteiger partial charge in [-0.2, -0.15) is 0 Å². The van der Waals surface area contributed by atoms with E-state index in [1.807, 2.05) is 0 Å². The van der Waals surface area contributed by atoms with Crippen LogP contribution in [0.1, 0.15) is 41.0 Å². The van der Waals surface area contributed by atoms with Gasteiger partial charge in [-0.3, -0.25) is 0 Å². The Morgan fingerprint density at radius 2 is 1.50 bits per heavy atom. The quantitative estimate of drug-likeness (QED) is 0.594. The third-order valence-electron chi connectivity index (χ3n) is 3.60. The zero-order chi connectivity index (χ0) is 11.0. The lowest BCUT2D eigenvalue weighted by atomic mass is 10.2. The molecule has 0 amide bonds. The highest BCUT2D eigenvalue weighted by Crippen LogP contribution is 2.08. The van der Waals surface area contributed by atoms with Crippen molar-refractivity contribution in [2.75, 3.05) is 32.7 Å². The molecule has 1 unspecified atom stereocenters. The third-order valence-corrected chi connectivity index (χ3v) is 3.60. The summed E-state index contributed by atoms with van der Waals surface area (Å²) in [6, 6.07) is 0.669. The molecule has 0 aliphatic carbocycles. The summed E-state index contributed by atoms with van der Waals surface area (Å²) in [7, 11) is 0. The number of hydrogen-bond acceptors (Lipinski definition) is 1. The molecule has 2 nitrogen and oxygen atoms in total. The van der Waals surface area contributed by atoms with Gasteiger partial charge < -0.3 is 9.80 Å². The zero-order valence-electron chi connectivity index (χ0n) is 10.8. The van der Waals surface area contributed by atoms with E-state index in [9.17, 15) is 0 Å². The molecule has 0 aromatic carbocycles. The minimum Gasteiger partial charge on any atom is -0.324 e. The second-order valence-corrected chi connectivity index (χ2v) is 4.26. The van der Waals surface area contributed by atoms with Gasteiger partial charge in [-0.25, -0.2) is 0 Å². The Hall–Kier alpha value is -0.0800. The van der Waals surface area contributed by atoms with Crippen molar-refractivity contribution in [1.29, 1.82) is 0 Å². The number of nitrogens with one attached hydrogen (secondary N) is 1. The van der Waals surface area contributed by atoms with E-state index in [-0.39, 0.29) is 0 Å². The fraction of sp³-hybridized carbons (Fsp3) is 1.00. The first-order chi connectivity index (χ1) is 6.64. The summed E-state index contributed by atoms with van der Waals surface area (Å²) in [4.78, 5) is 0. The Balaban J connectivity index is 3.92. The molecule has 0 aliphatic heterocycles. The second-order valence-electron chi connectivity index (χ2n) is 4.26. The van der Waals surface area contributed by atoms with E-state index in [0.29, 0.717) is 6.04 Å². The molecule has 0 rings (SSSR count). The standard InChI is InChI=1S/C12H29N2/c1-6-13-12(5)10-11-14(7-2,8-3)9-4/h12-13H,6-11H2,1-5H3/q+1. The predicted molar refractivity (Wildman–Crippen MR) is 64.5 cm³/mol. The van der Waals surface area contributed by atoms with Gasteiger partial charge in [0.1, 0.15) is 0 Å². The number of quaternary nitrogens is 1. The van der Waals surface area contributed by atoms with Gasteiger partial charge in [0, 0.05) is 12.5 Å². The van der Waals surface area contributed by atoms with Crippen molar-refractivity contribution < 1.29 is 4.48 Å². The van der Waals surface area contributed by atoms with Crippen LogP contribution in [0.25, 0.3) is 0 Å². The molecule has 0 aliphatic rings. The van der Waals surface area contributed by atoms with E-state index in [4.69, 9.17) is 0 Å². The van der Waals surface area contributed by atoms with Crippen LogP contribution >= 0.6 is 0 Å².